The Labute approximate surface area is 155 Å². The van der Waals surface area contributed by atoms with Gasteiger partial charge in [0.05, 0.1) is 17.8 Å². The Morgan fingerprint density at radius 2 is 1.85 bits per heavy atom. The molecule has 0 bridgehead atoms. The molecule has 134 valence electrons. The van der Waals surface area contributed by atoms with Gasteiger partial charge in [0.2, 0.25) is 10.0 Å². The average molecular weight is 393 g/mol. The first-order valence-electron chi connectivity index (χ1n) is 7.43. The fraction of sp³-hybridized carbons (Fsp3) is 0.0556. The molecule has 5 nitrogen and oxygen atoms in total. The predicted octanol–water partition coefficient (Wildman–Crippen LogP) is 3.86. The number of benzene rings is 2. The lowest BCUT2D eigenvalue weighted by Crippen LogP contribution is -2.13. The third-order valence-electron chi connectivity index (χ3n) is 3.78. The summed E-state index contributed by atoms with van der Waals surface area (Å²) in [6.45, 7) is 0. The lowest BCUT2D eigenvalue weighted by molar-refractivity contribution is 0.415. The Hall–Kier alpha value is -2.48. The predicted molar refractivity (Wildman–Crippen MR) is 98.0 cm³/mol. The number of pyridine rings is 1. The van der Waals surface area contributed by atoms with E-state index in [0.29, 0.717) is 27.6 Å². The zero-order chi connectivity index (χ0) is 18.9. The molecule has 1 aromatic heterocycles. The van der Waals surface area contributed by atoms with Crippen molar-refractivity contribution in [3.8, 4) is 28.1 Å². The van der Waals surface area contributed by atoms with Gasteiger partial charge in [-0.25, -0.2) is 17.9 Å². The van der Waals surface area contributed by atoms with E-state index in [0.717, 1.165) is 17.7 Å². The van der Waals surface area contributed by atoms with Crippen molar-refractivity contribution < 1.29 is 17.5 Å². The molecule has 0 saturated carbocycles. The molecule has 0 saturated heterocycles. The lowest BCUT2D eigenvalue weighted by Gasteiger charge is -2.12. The number of nitrogens with zero attached hydrogens (tertiary/aromatic N) is 1. The molecular formula is C18H14ClFN2O3S. The largest absolute Gasteiger partial charge is 0.495 e. The highest BCUT2D eigenvalue weighted by molar-refractivity contribution is 7.89. The Bertz CT molecular complexity index is 1090. The van der Waals surface area contributed by atoms with E-state index in [-0.39, 0.29) is 0 Å². The molecule has 2 N–H and O–H groups in total. The van der Waals surface area contributed by atoms with Gasteiger partial charge >= 0.3 is 0 Å². The molecule has 0 spiro atoms. The number of rotatable bonds is 4. The topological polar surface area (TPSA) is 82.3 Å². The van der Waals surface area contributed by atoms with E-state index in [1.54, 1.807) is 36.5 Å². The van der Waals surface area contributed by atoms with Crippen LogP contribution in [0.25, 0.3) is 22.4 Å². The van der Waals surface area contributed by atoms with Gasteiger partial charge in [-0.05, 0) is 35.9 Å². The van der Waals surface area contributed by atoms with Crippen molar-refractivity contribution in [2.75, 3.05) is 7.11 Å². The van der Waals surface area contributed by atoms with Crippen LogP contribution < -0.4 is 9.88 Å². The van der Waals surface area contributed by atoms with Crippen LogP contribution in [-0.2, 0) is 10.0 Å². The number of hydrogen-bond acceptors (Lipinski definition) is 4. The molecule has 3 rings (SSSR count). The first-order valence-corrected chi connectivity index (χ1v) is 9.35. The molecule has 2 aromatic carbocycles. The molecule has 0 radical (unpaired) electrons. The first-order chi connectivity index (χ1) is 12.3. The van der Waals surface area contributed by atoms with Crippen molar-refractivity contribution in [1.82, 2.24) is 4.98 Å². The van der Waals surface area contributed by atoms with Crippen LogP contribution in [-0.4, -0.2) is 20.5 Å². The fourth-order valence-electron chi connectivity index (χ4n) is 2.57. The highest BCUT2D eigenvalue weighted by atomic mass is 35.5. The van der Waals surface area contributed by atoms with E-state index in [9.17, 15) is 12.8 Å². The van der Waals surface area contributed by atoms with Gasteiger partial charge in [0.15, 0.2) is 0 Å². The van der Waals surface area contributed by atoms with Crippen LogP contribution in [0.5, 0.6) is 5.75 Å². The summed E-state index contributed by atoms with van der Waals surface area (Å²) in [5, 5.41) is 5.46. The molecule has 26 heavy (non-hydrogen) atoms. The maximum atomic E-state index is 14.2. The van der Waals surface area contributed by atoms with E-state index in [4.69, 9.17) is 21.5 Å². The molecule has 3 aromatic rings. The molecule has 0 amide bonds. The maximum absolute atomic E-state index is 14.2. The van der Waals surface area contributed by atoms with E-state index >= 15 is 0 Å². The molecule has 0 fully saturated rings. The second-order valence-corrected chi connectivity index (χ2v) is 7.38. The summed E-state index contributed by atoms with van der Waals surface area (Å²) < 4.78 is 42.2. The number of primary sulfonamides is 1. The summed E-state index contributed by atoms with van der Waals surface area (Å²) in [6.07, 6.45) is 1.61. The number of sulfonamides is 1. The van der Waals surface area contributed by atoms with Gasteiger partial charge in [-0.15, -0.1) is 0 Å². The zero-order valence-electron chi connectivity index (χ0n) is 13.6. The van der Waals surface area contributed by atoms with Gasteiger partial charge in [-0.1, -0.05) is 29.8 Å². The highest BCUT2D eigenvalue weighted by Gasteiger charge is 2.17. The molecule has 0 unspecified atom stereocenters. The Balaban J connectivity index is 2.16. The monoisotopic (exact) mass is 392 g/mol. The first kappa shape index (κ1) is 18.3. The maximum Gasteiger partial charge on any atom is 0.240 e. The van der Waals surface area contributed by atoms with E-state index in [1.807, 2.05) is 0 Å². The average Bonchev–Trinajstić information content (AvgIpc) is 2.61. The standard InChI is InChI=1S/C18H14ClFN2O3S/c1-25-16-10-12(4-6-14(16)19)18-13(3-2-8-22-18)11-5-7-17(15(20)9-11)26(21,23)24/h2-10H,1H3,(H2,21,23,24). The Morgan fingerprint density at radius 3 is 2.50 bits per heavy atom. The summed E-state index contributed by atoms with van der Waals surface area (Å²) in [7, 11) is -2.62. The normalized spacial score (nSPS) is 11.4. The number of aromatic nitrogens is 1. The lowest BCUT2D eigenvalue weighted by atomic mass is 9.99. The van der Waals surface area contributed by atoms with Gasteiger partial charge in [-0.3, -0.25) is 4.98 Å². The van der Waals surface area contributed by atoms with E-state index in [2.05, 4.69) is 4.98 Å². The number of methoxy groups -OCH3 is 1. The van der Waals surface area contributed by atoms with Crippen LogP contribution in [0.15, 0.2) is 59.6 Å². The summed E-state index contributed by atoms with van der Waals surface area (Å²) >= 11 is 6.06. The number of ether oxygens (including phenoxy) is 1. The fourth-order valence-corrected chi connectivity index (χ4v) is 3.36. The minimum Gasteiger partial charge on any atom is -0.495 e. The van der Waals surface area contributed by atoms with Crippen molar-refractivity contribution in [2.24, 2.45) is 5.14 Å². The molecule has 0 aliphatic heterocycles. The van der Waals surface area contributed by atoms with Crippen molar-refractivity contribution in [2.45, 2.75) is 4.90 Å². The molecule has 0 aliphatic carbocycles. The van der Waals surface area contributed by atoms with E-state index in [1.165, 1.54) is 13.2 Å². The van der Waals surface area contributed by atoms with Gasteiger partial charge in [-0.2, -0.15) is 0 Å². The zero-order valence-corrected chi connectivity index (χ0v) is 15.2. The highest BCUT2D eigenvalue weighted by Crippen LogP contribution is 2.35. The van der Waals surface area contributed by atoms with Crippen LogP contribution in [0.4, 0.5) is 4.39 Å². The quantitative estimate of drug-likeness (QED) is 0.730. The second-order valence-electron chi connectivity index (χ2n) is 5.44. The van der Waals surface area contributed by atoms with Gasteiger partial charge in [0.25, 0.3) is 0 Å². The molecule has 0 atom stereocenters. The van der Waals surface area contributed by atoms with Crippen LogP contribution in [0.2, 0.25) is 5.02 Å². The third-order valence-corrected chi connectivity index (χ3v) is 5.04. The van der Waals surface area contributed by atoms with Crippen molar-refractivity contribution in [3.05, 3.63) is 65.6 Å². The summed E-state index contributed by atoms with van der Waals surface area (Å²) in [6, 6.07) is 12.4. The molecule has 1 heterocycles. The second kappa shape index (κ2) is 7.03. The van der Waals surface area contributed by atoms with Crippen molar-refractivity contribution in [1.29, 1.82) is 0 Å². The SMILES string of the molecule is COc1cc(-c2ncccc2-c2ccc(S(N)(=O)=O)c(F)c2)ccc1Cl. The van der Waals surface area contributed by atoms with E-state index < -0.39 is 20.7 Å². The minimum atomic E-state index is -4.13. The van der Waals surface area contributed by atoms with Crippen LogP contribution in [0, 0.1) is 5.82 Å². The van der Waals surface area contributed by atoms with Crippen LogP contribution >= 0.6 is 11.6 Å². The number of hydrogen-bond donors (Lipinski definition) is 1. The molecule has 0 aliphatic rings. The van der Waals surface area contributed by atoms with Gasteiger partial charge in [0, 0.05) is 17.3 Å². The third kappa shape index (κ3) is 3.55. The number of nitrogens with two attached hydrogens (primary N) is 1. The molecule has 8 heteroatoms. The summed E-state index contributed by atoms with van der Waals surface area (Å²) in [5.41, 5.74) is 2.38. The van der Waals surface area contributed by atoms with Crippen molar-refractivity contribution in [3.63, 3.8) is 0 Å². The van der Waals surface area contributed by atoms with Gasteiger partial charge in [0.1, 0.15) is 16.5 Å². The Morgan fingerprint density at radius 1 is 1.12 bits per heavy atom. The summed E-state index contributed by atoms with van der Waals surface area (Å²) in [5.74, 6) is -0.440. The Kier molecular flexibility index (Phi) is 4.95. The van der Waals surface area contributed by atoms with Crippen LogP contribution in [0.3, 0.4) is 0 Å². The summed E-state index contributed by atoms with van der Waals surface area (Å²) in [4.78, 5) is 3.81. The molecular weight excluding hydrogens is 379 g/mol. The van der Waals surface area contributed by atoms with Gasteiger partial charge < -0.3 is 4.74 Å². The smallest absolute Gasteiger partial charge is 0.240 e. The minimum absolute atomic E-state index is 0.456. The van der Waals surface area contributed by atoms with Crippen molar-refractivity contribution >= 4 is 21.6 Å². The van der Waals surface area contributed by atoms with Crippen LogP contribution in [0.1, 0.15) is 0 Å². The number of halogens is 2.